The van der Waals surface area contributed by atoms with Crippen LogP contribution < -0.4 is 10.2 Å². The van der Waals surface area contributed by atoms with E-state index in [1.807, 2.05) is 19.9 Å². The molecule has 0 aliphatic carbocycles. The van der Waals surface area contributed by atoms with Crippen LogP contribution in [0.25, 0.3) is 0 Å². The van der Waals surface area contributed by atoms with Crippen LogP contribution in [0.1, 0.15) is 37.1 Å². The highest BCUT2D eigenvalue weighted by Gasteiger charge is 2.21. The Bertz CT molecular complexity index is 725. The number of hydrogen-bond acceptors (Lipinski definition) is 3. The number of rotatable bonds is 5. The molecule has 140 valence electrons. The van der Waals surface area contributed by atoms with Crippen molar-refractivity contribution >= 4 is 5.69 Å². The van der Waals surface area contributed by atoms with Crippen molar-refractivity contribution in [3.63, 3.8) is 0 Å². The summed E-state index contributed by atoms with van der Waals surface area (Å²) >= 11 is 0. The van der Waals surface area contributed by atoms with Crippen molar-refractivity contribution in [3.8, 4) is 0 Å². The number of piperazine rings is 1. The molecular formula is C21H27F2N3. The summed E-state index contributed by atoms with van der Waals surface area (Å²) in [5, 5.41) is 3.52. The van der Waals surface area contributed by atoms with E-state index in [1.54, 1.807) is 18.2 Å². The number of nitrogens with zero attached hydrogens (tertiary/aromatic N) is 2. The van der Waals surface area contributed by atoms with Crippen molar-refractivity contribution in [3.05, 3.63) is 65.2 Å². The van der Waals surface area contributed by atoms with E-state index in [9.17, 15) is 8.78 Å². The van der Waals surface area contributed by atoms with Crippen LogP contribution >= 0.6 is 0 Å². The summed E-state index contributed by atoms with van der Waals surface area (Å²) in [6, 6.07) is 11.6. The van der Waals surface area contributed by atoms with Gasteiger partial charge in [0.2, 0.25) is 0 Å². The van der Waals surface area contributed by atoms with Crippen molar-refractivity contribution < 1.29 is 8.78 Å². The Hall–Kier alpha value is -1.98. The summed E-state index contributed by atoms with van der Waals surface area (Å²) < 4.78 is 27.1. The third kappa shape index (κ3) is 4.40. The van der Waals surface area contributed by atoms with Crippen LogP contribution in [0.5, 0.6) is 0 Å². The first-order chi connectivity index (χ1) is 12.4. The second-order valence-electron chi connectivity index (χ2n) is 7.16. The molecule has 0 radical (unpaired) electrons. The molecule has 0 spiro atoms. The summed E-state index contributed by atoms with van der Waals surface area (Å²) in [5.74, 6) is -0.461. The Morgan fingerprint density at radius 1 is 0.846 bits per heavy atom. The van der Waals surface area contributed by atoms with E-state index in [0.29, 0.717) is 0 Å². The quantitative estimate of drug-likeness (QED) is 0.866. The molecule has 0 aromatic heterocycles. The maximum atomic E-state index is 13.9. The number of anilines is 1. The number of halogens is 2. The molecule has 1 aliphatic heterocycles. The van der Waals surface area contributed by atoms with E-state index < -0.39 is 0 Å². The van der Waals surface area contributed by atoms with Crippen LogP contribution in [0.15, 0.2) is 42.5 Å². The van der Waals surface area contributed by atoms with Gasteiger partial charge in [-0.3, -0.25) is 0 Å². The highest BCUT2D eigenvalue weighted by atomic mass is 19.1. The maximum absolute atomic E-state index is 13.9. The lowest BCUT2D eigenvalue weighted by molar-refractivity contribution is 0.312. The molecule has 0 amide bonds. The summed E-state index contributed by atoms with van der Waals surface area (Å²) in [6.45, 7) is 7.98. The fraction of sp³-hybridized carbons (Fsp3) is 0.429. The lowest BCUT2D eigenvalue weighted by atomic mass is 10.0. The maximum Gasteiger partial charge on any atom is 0.123 e. The Kier molecular flexibility index (Phi) is 5.89. The minimum Gasteiger partial charge on any atom is -0.369 e. The molecule has 2 atom stereocenters. The fourth-order valence-electron chi connectivity index (χ4n) is 3.52. The Balaban J connectivity index is 1.78. The first-order valence-electron chi connectivity index (χ1n) is 9.18. The number of hydrogen-bond donors (Lipinski definition) is 1. The largest absolute Gasteiger partial charge is 0.369 e. The summed E-state index contributed by atoms with van der Waals surface area (Å²) in [4.78, 5) is 4.63. The van der Waals surface area contributed by atoms with E-state index in [0.717, 1.165) is 43.0 Å². The van der Waals surface area contributed by atoms with Gasteiger partial charge in [-0.25, -0.2) is 8.78 Å². The molecule has 1 fully saturated rings. The predicted molar refractivity (Wildman–Crippen MR) is 102 cm³/mol. The van der Waals surface area contributed by atoms with Crippen LogP contribution in [0, 0.1) is 11.6 Å². The van der Waals surface area contributed by atoms with E-state index in [-0.39, 0.29) is 23.7 Å². The van der Waals surface area contributed by atoms with Gasteiger partial charge in [-0.1, -0.05) is 12.1 Å². The average molecular weight is 359 g/mol. The van der Waals surface area contributed by atoms with Gasteiger partial charge in [0.25, 0.3) is 0 Å². The summed E-state index contributed by atoms with van der Waals surface area (Å²) in [7, 11) is 2.12. The van der Waals surface area contributed by atoms with Crippen LogP contribution in [-0.2, 0) is 0 Å². The third-order valence-electron chi connectivity index (χ3n) is 5.17. The van der Waals surface area contributed by atoms with Gasteiger partial charge in [-0.05, 0) is 62.4 Å². The van der Waals surface area contributed by atoms with E-state index >= 15 is 0 Å². The van der Waals surface area contributed by atoms with Crippen LogP contribution in [0.4, 0.5) is 14.5 Å². The smallest absolute Gasteiger partial charge is 0.123 e. The molecule has 0 saturated carbocycles. The van der Waals surface area contributed by atoms with Crippen molar-refractivity contribution in [1.82, 2.24) is 10.2 Å². The van der Waals surface area contributed by atoms with E-state index in [4.69, 9.17) is 0 Å². The molecule has 0 bridgehead atoms. The van der Waals surface area contributed by atoms with Crippen molar-refractivity contribution in [2.75, 3.05) is 38.1 Å². The van der Waals surface area contributed by atoms with Gasteiger partial charge in [0, 0.05) is 44.0 Å². The molecule has 26 heavy (non-hydrogen) atoms. The molecule has 1 saturated heterocycles. The number of nitrogens with one attached hydrogen (secondary N) is 1. The minimum absolute atomic E-state index is 0.0274. The molecule has 3 rings (SSSR count). The summed E-state index contributed by atoms with van der Waals surface area (Å²) in [6.07, 6.45) is 0. The zero-order chi connectivity index (χ0) is 18.7. The van der Waals surface area contributed by atoms with Gasteiger partial charge in [0.1, 0.15) is 11.6 Å². The first-order valence-corrected chi connectivity index (χ1v) is 9.18. The van der Waals surface area contributed by atoms with Crippen molar-refractivity contribution in [1.29, 1.82) is 0 Å². The second kappa shape index (κ2) is 8.14. The molecule has 5 heteroatoms. The monoisotopic (exact) mass is 359 g/mol. The molecule has 1 aliphatic rings. The molecule has 0 unspecified atom stereocenters. The SMILES string of the molecule is C[C@H](N[C@H](C)c1ccc(F)cc1)c1cc(F)ccc1N1CCN(C)CC1. The molecule has 1 N–H and O–H groups in total. The highest BCUT2D eigenvalue weighted by Crippen LogP contribution is 2.30. The third-order valence-corrected chi connectivity index (χ3v) is 5.17. The van der Waals surface area contributed by atoms with Gasteiger partial charge >= 0.3 is 0 Å². The van der Waals surface area contributed by atoms with Gasteiger partial charge in [-0.15, -0.1) is 0 Å². The summed E-state index contributed by atoms with van der Waals surface area (Å²) in [5.41, 5.74) is 3.06. The van der Waals surface area contributed by atoms with Crippen molar-refractivity contribution in [2.45, 2.75) is 25.9 Å². The minimum atomic E-state index is -0.239. The van der Waals surface area contributed by atoms with Crippen LogP contribution in [0.2, 0.25) is 0 Å². The van der Waals surface area contributed by atoms with Gasteiger partial charge < -0.3 is 15.1 Å². The van der Waals surface area contributed by atoms with Crippen molar-refractivity contribution in [2.24, 2.45) is 0 Å². The first kappa shape index (κ1) is 18.8. The number of likely N-dealkylation sites (N-methyl/N-ethyl adjacent to an activating group) is 1. The molecule has 3 nitrogen and oxygen atoms in total. The lowest BCUT2D eigenvalue weighted by Gasteiger charge is -2.36. The highest BCUT2D eigenvalue weighted by molar-refractivity contribution is 5.55. The lowest BCUT2D eigenvalue weighted by Crippen LogP contribution is -2.45. The van der Waals surface area contributed by atoms with Crippen LogP contribution in [0.3, 0.4) is 0 Å². The zero-order valence-electron chi connectivity index (χ0n) is 15.7. The van der Waals surface area contributed by atoms with Gasteiger partial charge in [0.15, 0.2) is 0 Å². The second-order valence-corrected chi connectivity index (χ2v) is 7.16. The Morgan fingerprint density at radius 3 is 2.12 bits per heavy atom. The van der Waals surface area contributed by atoms with Gasteiger partial charge in [0.05, 0.1) is 0 Å². The normalized spacial score (nSPS) is 18.0. The Morgan fingerprint density at radius 2 is 1.46 bits per heavy atom. The standard InChI is InChI=1S/C21H27F2N3/c1-15(17-4-6-18(22)7-5-17)24-16(2)20-14-19(23)8-9-21(20)26-12-10-25(3)11-13-26/h4-9,14-16,24H,10-13H2,1-3H3/t15-,16+/m1/s1. The predicted octanol–water partition coefficient (Wildman–Crippen LogP) is 4.13. The molecular weight excluding hydrogens is 332 g/mol. The number of benzene rings is 2. The van der Waals surface area contributed by atoms with Gasteiger partial charge in [-0.2, -0.15) is 0 Å². The Labute approximate surface area is 154 Å². The molecule has 2 aromatic carbocycles. The molecule has 1 heterocycles. The van der Waals surface area contributed by atoms with Crippen LogP contribution in [-0.4, -0.2) is 38.1 Å². The topological polar surface area (TPSA) is 18.5 Å². The zero-order valence-corrected chi connectivity index (χ0v) is 15.7. The average Bonchev–Trinajstić information content (AvgIpc) is 2.63. The van der Waals surface area contributed by atoms with E-state index in [2.05, 4.69) is 22.2 Å². The molecule has 2 aromatic rings. The van der Waals surface area contributed by atoms with E-state index in [1.165, 1.54) is 18.2 Å². The fourth-order valence-corrected chi connectivity index (χ4v) is 3.52.